The van der Waals surface area contributed by atoms with Gasteiger partial charge >= 0.3 is 0 Å². The molecule has 0 unspecified atom stereocenters. The SMILES string of the molecule is O=C(CCc1ccco1)NCC1=CCNCC1. The lowest BCUT2D eigenvalue weighted by molar-refractivity contribution is -0.120. The van der Waals surface area contributed by atoms with Gasteiger partial charge in [-0.1, -0.05) is 11.6 Å². The van der Waals surface area contributed by atoms with Crippen LogP contribution in [0.15, 0.2) is 34.5 Å². The Hall–Kier alpha value is -1.55. The first-order chi connectivity index (χ1) is 8.34. The van der Waals surface area contributed by atoms with E-state index in [0.717, 1.165) is 25.3 Å². The molecule has 0 saturated carbocycles. The highest BCUT2D eigenvalue weighted by atomic mass is 16.3. The summed E-state index contributed by atoms with van der Waals surface area (Å²) in [5, 5.41) is 6.18. The van der Waals surface area contributed by atoms with E-state index in [2.05, 4.69) is 16.7 Å². The Kier molecular flexibility index (Phi) is 4.38. The van der Waals surface area contributed by atoms with Crippen LogP contribution in [-0.4, -0.2) is 25.5 Å². The number of hydrogen-bond acceptors (Lipinski definition) is 3. The van der Waals surface area contributed by atoms with E-state index in [9.17, 15) is 4.79 Å². The molecule has 0 saturated heterocycles. The fraction of sp³-hybridized carbons (Fsp3) is 0.462. The summed E-state index contributed by atoms with van der Waals surface area (Å²) in [6.07, 6.45) is 5.96. The van der Waals surface area contributed by atoms with Gasteiger partial charge in [-0.2, -0.15) is 0 Å². The summed E-state index contributed by atoms with van der Waals surface area (Å²) in [5.41, 5.74) is 1.31. The second-order valence-electron chi connectivity index (χ2n) is 4.17. The standard InChI is InChI=1S/C13H18N2O2/c16-13(4-3-12-2-1-9-17-12)15-10-11-5-7-14-8-6-11/h1-2,5,9,14H,3-4,6-8,10H2,(H,15,16). The second kappa shape index (κ2) is 6.25. The predicted octanol–water partition coefficient (Wildman–Crippen LogP) is 1.25. The molecule has 0 aliphatic carbocycles. The molecular weight excluding hydrogens is 216 g/mol. The third-order valence-electron chi connectivity index (χ3n) is 2.85. The van der Waals surface area contributed by atoms with Crippen molar-refractivity contribution in [3.63, 3.8) is 0 Å². The maximum absolute atomic E-state index is 11.6. The van der Waals surface area contributed by atoms with Crippen LogP contribution < -0.4 is 10.6 Å². The van der Waals surface area contributed by atoms with Crippen LogP contribution in [0.3, 0.4) is 0 Å². The largest absolute Gasteiger partial charge is 0.469 e. The Morgan fingerprint density at radius 1 is 1.53 bits per heavy atom. The summed E-state index contributed by atoms with van der Waals surface area (Å²) >= 11 is 0. The van der Waals surface area contributed by atoms with Gasteiger partial charge in [-0.05, 0) is 25.1 Å². The van der Waals surface area contributed by atoms with Crippen LogP contribution in [0.1, 0.15) is 18.6 Å². The number of furan rings is 1. The molecule has 0 bridgehead atoms. The van der Waals surface area contributed by atoms with Crippen LogP contribution in [0, 0.1) is 0 Å². The zero-order valence-corrected chi connectivity index (χ0v) is 9.87. The molecule has 2 rings (SSSR count). The Bertz CT molecular complexity index is 382. The summed E-state index contributed by atoms with van der Waals surface area (Å²) in [7, 11) is 0. The molecule has 2 N–H and O–H groups in total. The van der Waals surface area contributed by atoms with E-state index in [1.54, 1.807) is 6.26 Å². The van der Waals surface area contributed by atoms with Crippen LogP contribution >= 0.6 is 0 Å². The molecule has 1 aromatic heterocycles. The van der Waals surface area contributed by atoms with E-state index >= 15 is 0 Å². The smallest absolute Gasteiger partial charge is 0.220 e. The van der Waals surface area contributed by atoms with Crippen molar-refractivity contribution in [3.8, 4) is 0 Å². The van der Waals surface area contributed by atoms with Gasteiger partial charge in [0.1, 0.15) is 5.76 Å². The Labute approximate surface area is 101 Å². The Balaban J connectivity index is 1.65. The van der Waals surface area contributed by atoms with E-state index in [1.807, 2.05) is 12.1 Å². The summed E-state index contributed by atoms with van der Waals surface area (Å²) in [6, 6.07) is 3.73. The van der Waals surface area contributed by atoms with Crippen LogP contribution in [0.5, 0.6) is 0 Å². The lowest BCUT2D eigenvalue weighted by atomic mass is 10.1. The van der Waals surface area contributed by atoms with Gasteiger partial charge in [-0.3, -0.25) is 4.79 Å². The van der Waals surface area contributed by atoms with Crippen molar-refractivity contribution in [1.29, 1.82) is 0 Å². The van der Waals surface area contributed by atoms with Crippen LogP contribution in [0.25, 0.3) is 0 Å². The molecule has 0 atom stereocenters. The van der Waals surface area contributed by atoms with Gasteiger partial charge in [0, 0.05) is 25.9 Å². The minimum Gasteiger partial charge on any atom is -0.469 e. The van der Waals surface area contributed by atoms with Crippen molar-refractivity contribution in [1.82, 2.24) is 10.6 Å². The normalized spacial score (nSPS) is 15.4. The average molecular weight is 234 g/mol. The summed E-state index contributed by atoms with van der Waals surface area (Å²) in [6.45, 7) is 2.60. The van der Waals surface area contributed by atoms with Crippen molar-refractivity contribution in [2.45, 2.75) is 19.3 Å². The van der Waals surface area contributed by atoms with E-state index in [1.165, 1.54) is 5.57 Å². The zero-order chi connectivity index (χ0) is 11.9. The second-order valence-corrected chi connectivity index (χ2v) is 4.17. The molecule has 0 spiro atoms. The molecule has 0 fully saturated rings. The molecule has 92 valence electrons. The van der Waals surface area contributed by atoms with Gasteiger partial charge in [-0.25, -0.2) is 0 Å². The molecule has 0 aromatic carbocycles. The Morgan fingerprint density at radius 2 is 2.47 bits per heavy atom. The number of nitrogens with one attached hydrogen (secondary N) is 2. The number of hydrogen-bond donors (Lipinski definition) is 2. The highest BCUT2D eigenvalue weighted by Crippen LogP contribution is 2.05. The third-order valence-corrected chi connectivity index (χ3v) is 2.85. The zero-order valence-electron chi connectivity index (χ0n) is 9.87. The summed E-state index contributed by atoms with van der Waals surface area (Å²) in [5.74, 6) is 0.946. The first-order valence-electron chi connectivity index (χ1n) is 6.02. The van der Waals surface area contributed by atoms with Gasteiger partial charge in [0.15, 0.2) is 0 Å². The molecule has 0 radical (unpaired) electrons. The van der Waals surface area contributed by atoms with Crippen LogP contribution in [0.2, 0.25) is 0 Å². The molecule has 1 aliphatic rings. The molecule has 1 aliphatic heterocycles. The lowest BCUT2D eigenvalue weighted by Crippen LogP contribution is -2.29. The third kappa shape index (κ3) is 4.07. The molecular formula is C13H18N2O2. The molecule has 4 nitrogen and oxygen atoms in total. The number of rotatable bonds is 5. The van der Waals surface area contributed by atoms with Gasteiger partial charge in [0.25, 0.3) is 0 Å². The monoisotopic (exact) mass is 234 g/mol. The highest BCUT2D eigenvalue weighted by molar-refractivity contribution is 5.76. The Morgan fingerprint density at radius 3 is 3.18 bits per heavy atom. The molecule has 4 heteroatoms. The molecule has 1 aromatic rings. The highest BCUT2D eigenvalue weighted by Gasteiger charge is 2.06. The topological polar surface area (TPSA) is 54.3 Å². The first-order valence-corrected chi connectivity index (χ1v) is 6.02. The quantitative estimate of drug-likeness (QED) is 0.754. The lowest BCUT2D eigenvalue weighted by Gasteiger charge is -2.14. The van der Waals surface area contributed by atoms with Crippen molar-refractivity contribution < 1.29 is 9.21 Å². The van der Waals surface area contributed by atoms with E-state index in [-0.39, 0.29) is 5.91 Å². The first kappa shape index (κ1) is 11.9. The fourth-order valence-electron chi connectivity index (χ4n) is 1.82. The minimum absolute atomic E-state index is 0.0841. The van der Waals surface area contributed by atoms with Gasteiger partial charge in [-0.15, -0.1) is 0 Å². The summed E-state index contributed by atoms with van der Waals surface area (Å²) in [4.78, 5) is 11.6. The van der Waals surface area contributed by atoms with E-state index < -0.39 is 0 Å². The predicted molar refractivity (Wildman–Crippen MR) is 65.6 cm³/mol. The van der Waals surface area contributed by atoms with Gasteiger partial charge < -0.3 is 15.1 Å². The van der Waals surface area contributed by atoms with Crippen molar-refractivity contribution in [2.24, 2.45) is 0 Å². The number of aryl methyl sites for hydroxylation is 1. The number of carbonyl (C=O) groups excluding carboxylic acids is 1. The van der Waals surface area contributed by atoms with Crippen molar-refractivity contribution in [2.75, 3.05) is 19.6 Å². The van der Waals surface area contributed by atoms with Gasteiger partial charge in [0.05, 0.1) is 6.26 Å². The number of carbonyl (C=O) groups is 1. The van der Waals surface area contributed by atoms with Crippen molar-refractivity contribution >= 4 is 5.91 Å². The molecule has 1 amide bonds. The molecule has 2 heterocycles. The molecule has 17 heavy (non-hydrogen) atoms. The van der Waals surface area contributed by atoms with Crippen LogP contribution in [0.4, 0.5) is 0 Å². The van der Waals surface area contributed by atoms with E-state index in [0.29, 0.717) is 19.4 Å². The fourth-order valence-corrected chi connectivity index (χ4v) is 1.82. The van der Waals surface area contributed by atoms with Crippen LogP contribution in [-0.2, 0) is 11.2 Å². The number of amides is 1. The average Bonchev–Trinajstić information content (AvgIpc) is 2.88. The van der Waals surface area contributed by atoms with Gasteiger partial charge in [0.2, 0.25) is 5.91 Å². The minimum atomic E-state index is 0.0841. The summed E-state index contributed by atoms with van der Waals surface area (Å²) < 4.78 is 5.18. The van der Waals surface area contributed by atoms with Crippen molar-refractivity contribution in [3.05, 3.63) is 35.8 Å². The maximum atomic E-state index is 11.6. The maximum Gasteiger partial charge on any atom is 0.220 e. The van der Waals surface area contributed by atoms with E-state index in [4.69, 9.17) is 4.42 Å².